The van der Waals surface area contributed by atoms with Crippen LogP contribution in [-0.4, -0.2) is 43.7 Å². The van der Waals surface area contributed by atoms with Crippen molar-refractivity contribution in [3.05, 3.63) is 46.1 Å². The Morgan fingerprint density at radius 1 is 1.10 bits per heavy atom. The number of rotatable bonds is 5. The highest BCUT2D eigenvalue weighted by molar-refractivity contribution is 6.49. The molecule has 0 fully saturated rings. The summed E-state index contributed by atoms with van der Waals surface area (Å²) in [5, 5.41) is 4.15. The van der Waals surface area contributed by atoms with Crippen LogP contribution in [0.3, 0.4) is 0 Å². The molecular weight excluding hydrogens is 276 g/mol. The van der Waals surface area contributed by atoms with Crippen LogP contribution in [0.5, 0.6) is 0 Å². The molecule has 4 nitrogen and oxygen atoms in total. The molecule has 0 N–H and O–H groups in total. The average Bonchev–Trinajstić information content (AvgIpc) is 2.44. The van der Waals surface area contributed by atoms with E-state index in [0.29, 0.717) is 17.7 Å². The first-order valence-corrected chi connectivity index (χ1v) is 6.80. The van der Waals surface area contributed by atoms with Crippen molar-refractivity contribution in [2.24, 2.45) is 0 Å². The minimum absolute atomic E-state index is 0.0708. The topological polar surface area (TPSA) is 51.5 Å². The van der Waals surface area contributed by atoms with E-state index in [2.05, 4.69) is 5.32 Å². The summed E-state index contributed by atoms with van der Waals surface area (Å²) in [6.07, 6.45) is 0.809. The first-order chi connectivity index (χ1) is 9.52. The van der Waals surface area contributed by atoms with Crippen LogP contribution < -0.4 is 5.32 Å². The van der Waals surface area contributed by atoms with Gasteiger partial charge in [0.2, 0.25) is 11.6 Å². The van der Waals surface area contributed by atoms with Crippen LogP contribution in [0.2, 0.25) is 0 Å². The molecule has 0 saturated carbocycles. The van der Waals surface area contributed by atoms with Crippen LogP contribution in [0.25, 0.3) is 0 Å². The molecule has 1 aromatic rings. The van der Waals surface area contributed by atoms with Crippen molar-refractivity contribution in [1.82, 2.24) is 10.2 Å². The fourth-order valence-electron chi connectivity index (χ4n) is 2.05. The van der Waals surface area contributed by atoms with Gasteiger partial charge in [-0.3, -0.25) is 14.9 Å². The summed E-state index contributed by atoms with van der Waals surface area (Å²) in [7, 11) is 3.94. The van der Waals surface area contributed by atoms with Crippen molar-refractivity contribution in [2.45, 2.75) is 6.42 Å². The summed E-state index contributed by atoms with van der Waals surface area (Å²) in [5.41, 5.74) is 0.831. The van der Waals surface area contributed by atoms with Gasteiger partial charge in [0.15, 0.2) is 0 Å². The lowest BCUT2D eigenvalue weighted by Gasteiger charge is -2.17. The van der Waals surface area contributed by atoms with E-state index in [-0.39, 0.29) is 22.3 Å². The van der Waals surface area contributed by atoms with Crippen LogP contribution in [-0.2, 0) is 0 Å². The number of allylic oxidation sites excluding steroid dienone is 2. The maximum atomic E-state index is 12.3. The van der Waals surface area contributed by atoms with E-state index in [1.54, 1.807) is 24.3 Å². The molecule has 0 amide bonds. The highest BCUT2D eigenvalue weighted by atomic mass is 35.5. The summed E-state index contributed by atoms with van der Waals surface area (Å²) in [4.78, 5) is 26.4. The van der Waals surface area contributed by atoms with Gasteiger partial charge in [-0.25, -0.2) is 0 Å². The fraction of sp³-hybridized carbons (Fsp3) is 0.333. The second-order valence-corrected chi connectivity index (χ2v) is 5.28. The quantitative estimate of drug-likeness (QED) is 0.781. The van der Waals surface area contributed by atoms with Gasteiger partial charge < -0.3 is 4.90 Å². The molecule has 0 aromatic heterocycles. The zero-order valence-electron chi connectivity index (χ0n) is 11.5. The summed E-state index contributed by atoms with van der Waals surface area (Å²) in [6, 6.07) is 6.69. The third-order valence-electron chi connectivity index (χ3n) is 3.07. The first kappa shape index (κ1) is 14.8. The van der Waals surface area contributed by atoms with Gasteiger partial charge in [0.1, 0.15) is 10.7 Å². The van der Waals surface area contributed by atoms with Crippen molar-refractivity contribution >= 4 is 23.2 Å². The molecule has 105 valence electrons. The van der Waals surface area contributed by atoms with E-state index in [1.807, 2.05) is 19.0 Å². The van der Waals surface area contributed by atoms with E-state index >= 15 is 0 Å². The standard InChI is InChI=1S/C15H16ClN2O2/c1-18(2)9-5-8-17-13-12(16)14(19)10-6-3-4-7-11(10)15(13)20/h3-4,6-7H,5,8-9H2,1-2H3. The van der Waals surface area contributed by atoms with Crippen molar-refractivity contribution < 1.29 is 9.59 Å². The average molecular weight is 292 g/mol. The third kappa shape index (κ3) is 2.92. The van der Waals surface area contributed by atoms with Gasteiger partial charge in [-0.2, -0.15) is 0 Å². The van der Waals surface area contributed by atoms with E-state index in [1.165, 1.54) is 0 Å². The van der Waals surface area contributed by atoms with Gasteiger partial charge in [0.25, 0.3) is 0 Å². The Bertz CT molecular complexity index is 579. The molecule has 0 bridgehead atoms. The minimum atomic E-state index is -0.326. The zero-order valence-corrected chi connectivity index (χ0v) is 12.3. The summed E-state index contributed by atoms with van der Waals surface area (Å²) < 4.78 is 0. The summed E-state index contributed by atoms with van der Waals surface area (Å²) in [5.74, 6) is -0.594. The molecule has 0 spiro atoms. The fourth-order valence-corrected chi connectivity index (χ4v) is 2.30. The largest absolute Gasteiger partial charge is 0.309 e. The van der Waals surface area contributed by atoms with Crippen molar-refractivity contribution in [3.63, 3.8) is 0 Å². The predicted octanol–water partition coefficient (Wildman–Crippen LogP) is 2.07. The van der Waals surface area contributed by atoms with Crippen molar-refractivity contribution in [3.8, 4) is 0 Å². The molecule has 1 aliphatic carbocycles. The van der Waals surface area contributed by atoms with Gasteiger partial charge >= 0.3 is 0 Å². The summed E-state index contributed by atoms with van der Waals surface area (Å²) >= 11 is 6.00. The number of benzene rings is 1. The number of ketones is 2. The number of hydrogen-bond donors (Lipinski definition) is 0. The lowest BCUT2D eigenvalue weighted by molar-refractivity contribution is 0.0974. The van der Waals surface area contributed by atoms with E-state index < -0.39 is 0 Å². The molecule has 1 aliphatic rings. The lowest BCUT2D eigenvalue weighted by Crippen LogP contribution is -2.26. The molecule has 1 aromatic carbocycles. The van der Waals surface area contributed by atoms with Crippen molar-refractivity contribution in [1.29, 1.82) is 0 Å². The Morgan fingerprint density at radius 3 is 2.30 bits per heavy atom. The Kier molecular flexibility index (Phi) is 4.57. The Morgan fingerprint density at radius 2 is 1.70 bits per heavy atom. The lowest BCUT2D eigenvalue weighted by atomic mass is 9.92. The number of carbonyl (C=O) groups excluding carboxylic acids is 2. The van der Waals surface area contributed by atoms with Crippen LogP contribution in [0, 0.1) is 0 Å². The number of hydrogen-bond acceptors (Lipinski definition) is 3. The zero-order chi connectivity index (χ0) is 14.7. The number of nitrogens with zero attached hydrogens (tertiary/aromatic N) is 2. The molecule has 1 radical (unpaired) electrons. The molecule has 0 aliphatic heterocycles. The highest BCUT2D eigenvalue weighted by Crippen LogP contribution is 2.27. The number of fused-ring (bicyclic) bond motifs is 1. The number of carbonyl (C=O) groups is 2. The van der Waals surface area contributed by atoms with E-state index in [4.69, 9.17) is 11.6 Å². The van der Waals surface area contributed by atoms with Crippen molar-refractivity contribution in [2.75, 3.05) is 27.2 Å². The molecule has 0 atom stereocenters. The molecule has 2 rings (SSSR count). The third-order valence-corrected chi connectivity index (χ3v) is 3.42. The Labute approximate surface area is 123 Å². The molecule has 20 heavy (non-hydrogen) atoms. The maximum Gasteiger partial charge on any atom is 0.213 e. The smallest absolute Gasteiger partial charge is 0.213 e. The minimum Gasteiger partial charge on any atom is -0.309 e. The highest BCUT2D eigenvalue weighted by Gasteiger charge is 2.31. The molecule has 5 heteroatoms. The first-order valence-electron chi connectivity index (χ1n) is 6.43. The van der Waals surface area contributed by atoms with Gasteiger partial charge in [-0.05, 0) is 27.1 Å². The second-order valence-electron chi connectivity index (χ2n) is 4.90. The second kappa shape index (κ2) is 6.20. The van der Waals surface area contributed by atoms with Gasteiger partial charge in [-0.15, -0.1) is 0 Å². The van der Waals surface area contributed by atoms with Gasteiger partial charge in [-0.1, -0.05) is 35.9 Å². The number of Topliss-reactive ketones (excluding diaryl/α,β-unsaturated/α-hetero) is 2. The summed E-state index contributed by atoms with van der Waals surface area (Å²) in [6.45, 7) is 1.35. The van der Waals surface area contributed by atoms with Crippen LogP contribution in [0.1, 0.15) is 27.1 Å². The maximum absolute atomic E-state index is 12.3. The normalized spacial score (nSPS) is 14.8. The van der Waals surface area contributed by atoms with Gasteiger partial charge in [0.05, 0.1) is 0 Å². The monoisotopic (exact) mass is 291 g/mol. The molecule has 0 heterocycles. The van der Waals surface area contributed by atoms with E-state index in [0.717, 1.165) is 13.0 Å². The molecule has 0 saturated heterocycles. The number of halogens is 1. The van der Waals surface area contributed by atoms with E-state index in [9.17, 15) is 9.59 Å². The van der Waals surface area contributed by atoms with Gasteiger partial charge in [0, 0.05) is 17.7 Å². The van der Waals surface area contributed by atoms with Crippen LogP contribution in [0.15, 0.2) is 35.0 Å². The Balaban J connectivity index is 2.15. The molecular formula is C15H16ClN2O2. The van der Waals surface area contributed by atoms with Crippen LogP contribution in [0.4, 0.5) is 0 Å². The van der Waals surface area contributed by atoms with Crippen LogP contribution >= 0.6 is 11.6 Å². The SMILES string of the molecule is CN(C)CCC[N]C1=C(Cl)C(=O)c2ccccc2C1=O. The molecule has 0 unspecified atom stereocenters. The Hall–Kier alpha value is -1.65. The predicted molar refractivity (Wildman–Crippen MR) is 78.2 cm³/mol.